The van der Waals surface area contributed by atoms with Crippen molar-refractivity contribution >= 4 is 21.6 Å². The molecule has 0 saturated carbocycles. The molecular weight excluding hydrogens is 426 g/mol. The number of piperidine rings is 1. The molecule has 0 aliphatic carbocycles. The number of hydrogen-bond donors (Lipinski definition) is 1. The highest BCUT2D eigenvalue weighted by atomic mass is 32.2. The van der Waals surface area contributed by atoms with Gasteiger partial charge in [0, 0.05) is 31.9 Å². The Morgan fingerprint density at radius 3 is 2.59 bits per heavy atom. The summed E-state index contributed by atoms with van der Waals surface area (Å²) in [7, 11) is -3.61. The molecule has 1 amide bonds. The average Bonchev–Trinajstić information content (AvgIpc) is 2.82. The molecule has 1 atom stereocenters. The molecular formula is C24H31N3O4S. The van der Waals surface area contributed by atoms with Gasteiger partial charge in [0.15, 0.2) is 0 Å². The van der Waals surface area contributed by atoms with Crippen molar-refractivity contribution in [2.45, 2.75) is 31.2 Å². The van der Waals surface area contributed by atoms with Crippen LogP contribution in [0.1, 0.15) is 24.0 Å². The summed E-state index contributed by atoms with van der Waals surface area (Å²) in [4.78, 5) is 15.6. The predicted octanol–water partition coefficient (Wildman–Crippen LogP) is 2.87. The first-order valence-electron chi connectivity index (χ1n) is 11.2. The number of sulfonamides is 1. The highest BCUT2D eigenvalue weighted by molar-refractivity contribution is 7.89. The van der Waals surface area contributed by atoms with E-state index in [2.05, 4.69) is 22.3 Å². The number of amides is 1. The van der Waals surface area contributed by atoms with Crippen LogP contribution in [0.2, 0.25) is 0 Å². The van der Waals surface area contributed by atoms with Gasteiger partial charge in [0.25, 0.3) is 0 Å². The van der Waals surface area contributed by atoms with E-state index in [1.54, 1.807) is 18.2 Å². The quantitative estimate of drug-likeness (QED) is 0.722. The summed E-state index contributed by atoms with van der Waals surface area (Å²) in [6, 6.07) is 15.2. The van der Waals surface area contributed by atoms with Gasteiger partial charge in [-0.3, -0.25) is 9.69 Å². The molecule has 0 radical (unpaired) electrons. The van der Waals surface area contributed by atoms with Crippen molar-refractivity contribution < 1.29 is 17.9 Å². The fraction of sp³-hybridized carbons (Fsp3) is 0.458. The molecule has 4 rings (SSSR count). The number of rotatable bonds is 6. The minimum Gasteiger partial charge on any atom is -0.379 e. The second-order valence-electron chi connectivity index (χ2n) is 8.54. The molecule has 2 aromatic rings. The van der Waals surface area contributed by atoms with Crippen LogP contribution in [0.4, 0.5) is 5.69 Å². The molecule has 2 fully saturated rings. The topological polar surface area (TPSA) is 79.0 Å². The van der Waals surface area contributed by atoms with Crippen LogP contribution in [0.15, 0.2) is 53.4 Å². The number of ether oxygens (including phenoxy) is 1. The molecule has 0 aromatic heterocycles. The fourth-order valence-corrected chi connectivity index (χ4v) is 5.76. The van der Waals surface area contributed by atoms with Crippen LogP contribution in [0.3, 0.4) is 0 Å². The molecule has 2 aromatic carbocycles. The second kappa shape index (κ2) is 10.1. The highest BCUT2D eigenvalue weighted by Crippen LogP contribution is 2.26. The lowest BCUT2D eigenvalue weighted by Gasteiger charge is -2.32. The third-order valence-electron chi connectivity index (χ3n) is 6.20. The van der Waals surface area contributed by atoms with Gasteiger partial charge in [0.05, 0.1) is 24.0 Å². The van der Waals surface area contributed by atoms with Crippen molar-refractivity contribution in [1.29, 1.82) is 0 Å². The lowest BCUT2D eigenvalue weighted by atomic mass is 9.96. The maximum absolute atomic E-state index is 13.1. The third kappa shape index (κ3) is 5.38. The highest BCUT2D eigenvalue weighted by Gasteiger charge is 2.29. The Labute approximate surface area is 190 Å². The second-order valence-corrected chi connectivity index (χ2v) is 10.5. The Balaban J connectivity index is 1.44. The Bertz CT molecular complexity index is 1040. The predicted molar refractivity (Wildman–Crippen MR) is 124 cm³/mol. The monoisotopic (exact) mass is 457 g/mol. The van der Waals surface area contributed by atoms with E-state index in [1.165, 1.54) is 9.87 Å². The molecule has 2 aliphatic heterocycles. The zero-order chi connectivity index (χ0) is 22.6. The molecule has 8 heteroatoms. The number of benzene rings is 2. The molecule has 0 bridgehead atoms. The molecule has 2 aliphatic rings. The van der Waals surface area contributed by atoms with Gasteiger partial charge < -0.3 is 10.1 Å². The Morgan fingerprint density at radius 1 is 1.09 bits per heavy atom. The first kappa shape index (κ1) is 22.9. The van der Waals surface area contributed by atoms with Gasteiger partial charge in [-0.15, -0.1) is 0 Å². The van der Waals surface area contributed by atoms with Gasteiger partial charge in [0.1, 0.15) is 0 Å². The maximum atomic E-state index is 13.1. The number of hydrogen-bond acceptors (Lipinski definition) is 5. The van der Waals surface area contributed by atoms with Crippen molar-refractivity contribution in [3.63, 3.8) is 0 Å². The van der Waals surface area contributed by atoms with E-state index >= 15 is 0 Å². The lowest BCUT2D eigenvalue weighted by Crippen LogP contribution is -2.41. The van der Waals surface area contributed by atoms with E-state index in [4.69, 9.17) is 4.74 Å². The standard InChI is InChI=1S/C24H31N3O4S/c1-19-9-10-22(32(29,30)27-12-14-31-15-13-27)16-23(19)25-24(28)21-8-5-11-26(18-21)17-20-6-3-2-4-7-20/h2-4,6-7,9-10,16,21H,5,8,11-15,17-18H2,1H3,(H,25,28). The van der Waals surface area contributed by atoms with Crippen LogP contribution in [-0.2, 0) is 26.1 Å². The molecule has 0 spiro atoms. The fourth-order valence-electron chi connectivity index (χ4n) is 4.32. The summed E-state index contributed by atoms with van der Waals surface area (Å²) in [6.07, 6.45) is 1.80. The molecule has 32 heavy (non-hydrogen) atoms. The lowest BCUT2D eigenvalue weighted by molar-refractivity contribution is -0.121. The van der Waals surface area contributed by atoms with Gasteiger partial charge >= 0.3 is 0 Å². The van der Waals surface area contributed by atoms with Gasteiger partial charge in [-0.1, -0.05) is 36.4 Å². The van der Waals surface area contributed by atoms with E-state index < -0.39 is 10.0 Å². The summed E-state index contributed by atoms with van der Waals surface area (Å²) < 4.78 is 32.7. The maximum Gasteiger partial charge on any atom is 0.243 e. The number of carbonyl (C=O) groups excluding carboxylic acids is 1. The normalized spacial score (nSPS) is 20.7. The van der Waals surface area contributed by atoms with Gasteiger partial charge in [-0.25, -0.2) is 8.42 Å². The van der Waals surface area contributed by atoms with Crippen LogP contribution in [0.5, 0.6) is 0 Å². The summed E-state index contributed by atoms with van der Waals surface area (Å²) in [5, 5.41) is 3.01. The number of morpholine rings is 1. The summed E-state index contributed by atoms with van der Waals surface area (Å²) in [5.41, 5.74) is 2.64. The van der Waals surface area contributed by atoms with E-state index in [1.807, 2.05) is 25.1 Å². The molecule has 1 unspecified atom stereocenters. The number of anilines is 1. The Morgan fingerprint density at radius 2 is 1.84 bits per heavy atom. The first-order valence-corrected chi connectivity index (χ1v) is 12.6. The summed E-state index contributed by atoms with van der Waals surface area (Å²) in [6.45, 7) is 5.87. The van der Waals surface area contributed by atoms with Crippen molar-refractivity contribution in [3.8, 4) is 0 Å². The summed E-state index contributed by atoms with van der Waals surface area (Å²) in [5.74, 6) is -0.168. The zero-order valence-corrected chi connectivity index (χ0v) is 19.3. The number of carbonyl (C=O) groups is 1. The largest absolute Gasteiger partial charge is 0.379 e. The van der Waals surface area contributed by atoms with Gasteiger partial charge in [0.2, 0.25) is 15.9 Å². The number of aryl methyl sites for hydroxylation is 1. The number of nitrogens with one attached hydrogen (secondary N) is 1. The van der Waals surface area contributed by atoms with Crippen molar-refractivity contribution in [3.05, 3.63) is 59.7 Å². The van der Waals surface area contributed by atoms with Crippen LogP contribution in [0, 0.1) is 12.8 Å². The van der Waals surface area contributed by atoms with E-state index in [0.717, 1.165) is 31.5 Å². The summed E-state index contributed by atoms with van der Waals surface area (Å²) >= 11 is 0. The molecule has 1 N–H and O–H groups in total. The Hall–Kier alpha value is -2.26. The van der Waals surface area contributed by atoms with E-state index in [0.29, 0.717) is 38.5 Å². The zero-order valence-electron chi connectivity index (χ0n) is 18.5. The van der Waals surface area contributed by atoms with Gasteiger partial charge in [-0.2, -0.15) is 4.31 Å². The first-order chi connectivity index (χ1) is 15.4. The SMILES string of the molecule is Cc1ccc(S(=O)(=O)N2CCOCC2)cc1NC(=O)C1CCCN(Cc2ccccc2)C1. The van der Waals surface area contributed by atoms with Crippen molar-refractivity contribution in [1.82, 2.24) is 9.21 Å². The minimum absolute atomic E-state index is 0.0493. The van der Waals surface area contributed by atoms with Gasteiger partial charge in [-0.05, 0) is 49.6 Å². The number of nitrogens with zero attached hydrogens (tertiary/aromatic N) is 2. The average molecular weight is 458 g/mol. The van der Waals surface area contributed by atoms with Crippen LogP contribution in [-0.4, -0.2) is 62.9 Å². The molecule has 172 valence electrons. The van der Waals surface area contributed by atoms with E-state index in [9.17, 15) is 13.2 Å². The molecule has 2 saturated heterocycles. The molecule has 2 heterocycles. The van der Waals surface area contributed by atoms with Crippen LogP contribution < -0.4 is 5.32 Å². The molecule has 7 nitrogen and oxygen atoms in total. The third-order valence-corrected chi connectivity index (χ3v) is 8.09. The Kier molecular flexibility index (Phi) is 7.25. The number of likely N-dealkylation sites (tertiary alicyclic amines) is 1. The van der Waals surface area contributed by atoms with Crippen LogP contribution >= 0.6 is 0 Å². The smallest absolute Gasteiger partial charge is 0.243 e. The van der Waals surface area contributed by atoms with E-state index in [-0.39, 0.29) is 16.7 Å². The van der Waals surface area contributed by atoms with Crippen molar-refractivity contribution in [2.24, 2.45) is 5.92 Å². The van der Waals surface area contributed by atoms with Crippen molar-refractivity contribution in [2.75, 3.05) is 44.7 Å². The minimum atomic E-state index is -3.61. The van der Waals surface area contributed by atoms with Crippen LogP contribution in [0.25, 0.3) is 0 Å².